The average Bonchev–Trinajstić information content (AvgIpc) is 2.71. The number of hydrogen-bond donors (Lipinski definition) is 2. The maximum absolute atomic E-state index is 12.1. The molecule has 0 saturated heterocycles. The molecule has 0 amide bonds. The third-order valence-corrected chi connectivity index (χ3v) is 5.25. The van der Waals surface area contributed by atoms with Gasteiger partial charge < -0.3 is 4.98 Å². The smallest absolute Gasteiger partial charge is 0.266 e. The van der Waals surface area contributed by atoms with Gasteiger partial charge in [0, 0.05) is 11.1 Å². The highest BCUT2D eigenvalue weighted by atomic mass is 35.5. The molecule has 2 aromatic rings. The highest BCUT2D eigenvalue weighted by Crippen LogP contribution is 2.25. The van der Waals surface area contributed by atoms with Crippen molar-refractivity contribution in [3.8, 4) is 0 Å². The van der Waals surface area contributed by atoms with Crippen molar-refractivity contribution in [3.63, 3.8) is 0 Å². The lowest BCUT2D eigenvalue weighted by Crippen LogP contribution is -2.16. The number of sulfonamides is 1. The molecule has 0 aliphatic carbocycles. The molecule has 0 atom stereocenters. The molecule has 0 radical (unpaired) electrons. The molecule has 0 aromatic carbocycles. The van der Waals surface area contributed by atoms with Gasteiger partial charge in [0.15, 0.2) is 5.13 Å². The molecule has 2 rings (SSSR count). The number of H-pyrrole nitrogens is 1. The summed E-state index contributed by atoms with van der Waals surface area (Å²) < 4.78 is 26.7. The van der Waals surface area contributed by atoms with E-state index in [0.717, 1.165) is 29.3 Å². The summed E-state index contributed by atoms with van der Waals surface area (Å²) in [6.07, 6.45) is 1.83. The quantitative estimate of drug-likeness (QED) is 0.896. The van der Waals surface area contributed by atoms with E-state index in [1.54, 1.807) is 0 Å². The summed E-state index contributed by atoms with van der Waals surface area (Å²) >= 11 is 6.89. The molecule has 108 valence electrons. The lowest BCUT2D eigenvalue weighted by molar-refractivity contribution is 0.600. The van der Waals surface area contributed by atoms with Crippen LogP contribution in [0.3, 0.4) is 0 Å². The molecule has 9 heteroatoms. The Morgan fingerprint density at radius 2 is 2.20 bits per heavy atom. The van der Waals surface area contributed by atoms with Gasteiger partial charge >= 0.3 is 0 Å². The molecule has 20 heavy (non-hydrogen) atoms. The van der Waals surface area contributed by atoms with Crippen LogP contribution >= 0.6 is 22.9 Å². The fourth-order valence-electron chi connectivity index (χ4n) is 1.57. The van der Waals surface area contributed by atoms with Gasteiger partial charge in [-0.1, -0.05) is 18.5 Å². The molecule has 0 aliphatic rings. The fourth-order valence-corrected chi connectivity index (χ4v) is 3.93. The van der Waals surface area contributed by atoms with E-state index in [9.17, 15) is 13.2 Å². The van der Waals surface area contributed by atoms with Crippen molar-refractivity contribution in [1.82, 2.24) is 9.97 Å². The molecule has 2 heterocycles. The standard InChI is InChI=1S/C11H12ClN3O3S2/c1-3-9-6(2)19-11(14-9)15-20(17,18)7-4-8(12)10(16)13-5-7/h4-5H,3H2,1-2H3,(H,13,16)(H,14,15). The second kappa shape index (κ2) is 5.55. The third kappa shape index (κ3) is 3.02. The van der Waals surface area contributed by atoms with Crippen molar-refractivity contribution in [2.24, 2.45) is 0 Å². The monoisotopic (exact) mass is 333 g/mol. The van der Waals surface area contributed by atoms with Crippen LogP contribution in [-0.4, -0.2) is 18.4 Å². The van der Waals surface area contributed by atoms with E-state index in [1.807, 2.05) is 13.8 Å². The highest BCUT2D eigenvalue weighted by Gasteiger charge is 2.18. The third-order valence-electron chi connectivity index (χ3n) is 2.59. The van der Waals surface area contributed by atoms with E-state index in [-0.39, 0.29) is 9.92 Å². The second-order valence-corrected chi connectivity index (χ2v) is 7.29. The number of aromatic amines is 1. The first-order valence-electron chi connectivity index (χ1n) is 5.71. The molecule has 0 saturated carbocycles. The second-order valence-electron chi connectivity index (χ2n) is 3.99. The Labute approximate surface area is 124 Å². The Morgan fingerprint density at radius 1 is 1.50 bits per heavy atom. The Balaban J connectivity index is 2.35. The predicted octanol–water partition coefficient (Wildman–Crippen LogP) is 2.16. The zero-order valence-electron chi connectivity index (χ0n) is 10.7. The van der Waals surface area contributed by atoms with Gasteiger partial charge in [0.1, 0.15) is 9.92 Å². The van der Waals surface area contributed by atoms with Crippen LogP contribution in [0.25, 0.3) is 0 Å². The molecule has 0 aliphatic heterocycles. The number of thiazole rings is 1. The first-order chi connectivity index (χ1) is 9.33. The van der Waals surface area contributed by atoms with Gasteiger partial charge in [0.2, 0.25) is 0 Å². The van der Waals surface area contributed by atoms with Gasteiger partial charge in [-0.3, -0.25) is 9.52 Å². The summed E-state index contributed by atoms with van der Waals surface area (Å²) in [6, 6.07) is 1.10. The lowest BCUT2D eigenvalue weighted by Gasteiger charge is -2.04. The number of nitrogens with one attached hydrogen (secondary N) is 2. The van der Waals surface area contributed by atoms with E-state index < -0.39 is 15.6 Å². The highest BCUT2D eigenvalue weighted by molar-refractivity contribution is 7.93. The van der Waals surface area contributed by atoms with Crippen molar-refractivity contribution in [2.75, 3.05) is 4.72 Å². The topological polar surface area (TPSA) is 91.9 Å². The predicted molar refractivity (Wildman–Crippen MR) is 79.1 cm³/mol. The van der Waals surface area contributed by atoms with E-state index in [4.69, 9.17) is 11.6 Å². The molecule has 0 spiro atoms. The fraction of sp³-hybridized carbons (Fsp3) is 0.273. The number of halogens is 1. The van der Waals surface area contributed by atoms with Crippen LogP contribution in [0.4, 0.5) is 5.13 Å². The summed E-state index contributed by atoms with van der Waals surface area (Å²) in [7, 11) is -3.82. The summed E-state index contributed by atoms with van der Waals surface area (Å²) in [4.78, 5) is 18.4. The number of hydrogen-bond acceptors (Lipinski definition) is 5. The Hall–Kier alpha value is -1.38. The molecular weight excluding hydrogens is 322 g/mol. The first-order valence-corrected chi connectivity index (χ1v) is 8.38. The molecular formula is C11H12ClN3O3S2. The average molecular weight is 334 g/mol. The summed E-state index contributed by atoms with van der Waals surface area (Å²) in [5.74, 6) is 0. The molecule has 2 aromatic heterocycles. The van der Waals surface area contributed by atoms with Crippen molar-refractivity contribution < 1.29 is 8.42 Å². The summed E-state index contributed by atoms with van der Waals surface area (Å²) in [5.41, 5.74) is 0.316. The SMILES string of the molecule is CCc1nc(NS(=O)(=O)c2c[nH]c(=O)c(Cl)c2)sc1C. The Morgan fingerprint density at radius 3 is 2.75 bits per heavy atom. The zero-order valence-corrected chi connectivity index (χ0v) is 13.1. The molecule has 0 unspecified atom stereocenters. The van der Waals surface area contributed by atoms with E-state index >= 15 is 0 Å². The molecule has 0 bridgehead atoms. The zero-order chi connectivity index (χ0) is 14.9. The molecule has 2 N–H and O–H groups in total. The van der Waals surface area contributed by atoms with Crippen molar-refractivity contribution in [3.05, 3.63) is 38.2 Å². The van der Waals surface area contributed by atoms with Crippen LogP contribution in [0.1, 0.15) is 17.5 Å². The maximum Gasteiger partial charge on any atom is 0.266 e. The van der Waals surface area contributed by atoms with E-state index in [1.165, 1.54) is 11.3 Å². The molecule has 0 fully saturated rings. The molecule has 6 nitrogen and oxygen atoms in total. The number of aryl methyl sites for hydroxylation is 2. The van der Waals surface area contributed by atoms with Crippen LogP contribution < -0.4 is 10.3 Å². The first kappa shape index (κ1) is 15.0. The number of rotatable bonds is 4. The van der Waals surface area contributed by atoms with Gasteiger partial charge in [-0.25, -0.2) is 13.4 Å². The summed E-state index contributed by atoms with van der Waals surface area (Å²) in [6.45, 7) is 3.83. The van der Waals surface area contributed by atoms with Crippen LogP contribution in [0.15, 0.2) is 22.0 Å². The normalized spacial score (nSPS) is 11.6. The summed E-state index contributed by atoms with van der Waals surface area (Å²) in [5, 5.41) is 0.110. The number of pyridine rings is 1. The van der Waals surface area contributed by atoms with Crippen LogP contribution in [0.2, 0.25) is 5.02 Å². The van der Waals surface area contributed by atoms with Crippen molar-refractivity contribution in [1.29, 1.82) is 0 Å². The number of nitrogens with zero attached hydrogens (tertiary/aromatic N) is 1. The van der Waals surface area contributed by atoms with Gasteiger partial charge in [0.05, 0.1) is 5.69 Å². The van der Waals surface area contributed by atoms with Gasteiger partial charge in [-0.15, -0.1) is 11.3 Å². The van der Waals surface area contributed by atoms with Crippen LogP contribution in [0, 0.1) is 6.92 Å². The minimum atomic E-state index is -3.82. The van der Waals surface area contributed by atoms with E-state index in [2.05, 4.69) is 14.7 Å². The Bertz CT molecular complexity index is 795. The van der Waals surface area contributed by atoms with Crippen molar-refractivity contribution in [2.45, 2.75) is 25.2 Å². The van der Waals surface area contributed by atoms with Gasteiger partial charge in [0.25, 0.3) is 15.6 Å². The van der Waals surface area contributed by atoms with Crippen molar-refractivity contribution >= 4 is 38.1 Å². The number of aromatic nitrogens is 2. The Kier molecular flexibility index (Phi) is 4.17. The lowest BCUT2D eigenvalue weighted by atomic mass is 10.3. The minimum absolute atomic E-state index is 0.118. The number of anilines is 1. The van der Waals surface area contributed by atoms with Gasteiger partial charge in [-0.2, -0.15) is 0 Å². The largest absolute Gasteiger partial charge is 0.326 e. The van der Waals surface area contributed by atoms with Crippen LogP contribution in [-0.2, 0) is 16.4 Å². The van der Waals surface area contributed by atoms with Crippen LogP contribution in [0.5, 0.6) is 0 Å². The van der Waals surface area contributed by atoms with E-state index in [0.29, 0.717) is 5.13 Å². The van der Waals surface area contributed by atoms with Gasteiger partial charge in [-0.05, 0) is 19.4 Å². The maximum atomic E-state index is 12.1. The minimum Gasteiger partial charge on any atom is -0.326 e.